The zero-order valence-corrected chi connectivity index (χ0v) is 12.4. The van der Waals surface area contributed by atoms with Gasteiger partial charge in [0.25, 0.3) is 0 Å². The molecule has 100 valence electrons. The van der Waals surface area contributed by atoms with E-state index in [0.717, 1.165) is 12.2 Å². The van der Waals surface area contributed by atoms with E-state index in [-0.39, 0.29) is 11.9 Å². The molecule has 0 saturated carbocycles. The number of rotatable bonds is 6. The van der Waals surface area contributed by atoms with E-state index < -0.39 is 0 Å². The molecule has 1 aromatic carbocycles. The van der Waals surface area contributed by atoms with E-state index in [2.05, 4.69) is 5.32 Å². The highest BCUT2D eigenvalue weighted by Gasteiger charge is 2.09. The van der Waals surface area contributed by atoms with Crippen LogP contribution in [0.25, 0.3) is 0 Å². The van der Waals surface area contributed by atoms with Crippen LogP contribution >= 0.6 is 35.0 Å². The Morgan fingerprint density at radius 1 is 1.44 bits per heavy atom. The molecule has 1 rings (SSSR count). The maximum Gasteiger partial charge on any atom is 0.234 e. The van der Waals surface area contributed by atoms with Crippen LogP contribution in [0.2, 0.25) is 10.0 Å². The first-order valence-electron chi connectivity index (χ1n) is 5.58. The Kier molecular flexibility index (Phi) is 6.86. The van der Waals surface area contributed by atoms with Crippen LogP contribution < -0.4 is 11.1 Å². The molecule has 0 aliphatic rings. The van der Waals surface area contributed by atoms with Crippen molar-refractivity contribution in [3.8, 4) is 0 Å². The van der Waals surface area contributed by atoms with E-state index in [1.165, 1.54) is 0 Å². The number of hydrogen-bond donors (Lipinski definition) is 2. The van der Waals surface area contributed by atoms with Crippen molar-refractivity contribution < 1.29 is 4.79 Å². The summed E-state index contributed by atoms with van der Waals surface area (Å²) in [5.74, 6) is 1.12. The zero-order valence-electron chi connectivity index (χ0n) is 10.1. The molecule has 1 atom stereocenters. The molecule has 18 heavy (non-hydrogen) atoms. The van der Waals surface area contributed by atoms with Crippen molar-refractivity contribution >= 4 is 46.6 Å². The number of nitrogens with one attached hydrogen (secondary N) is 1. The van der Waals surface area contributed by atoms with Gasteiger partial charge in [-0.3, -0.25) is 4.79 Å². The van der Waals surface area contributed by atoms with E-state index in [0.29, 0.717) is 21.5 Å². The Bertz CT molecular complexity index is 393. The van der Waals surface area contributed by atoms with Crippen LogP contribution in [0.15, 0.2) is 18.2 Å². The van der Waals surface area contributed by atoms with Gasteiger partial charge < -0.3 is 11.1 Å². The molecule has 6 heteroatoms. The first kappa shape index (κ1) is 15.6. The fourth-order valence-electron chi connectivity index (χ4n) is 1.23. The molecule has 0 bridgehead atoms. The van der Waals surface area contributed by atoms with E-state index in [1.807, 2.05) is 6.92 Å². The summed E-state index contributed by atoms with van der Waals surface area (Å²) < 4.78 is 0. The second-order valence-electron chi connectivity index (χ2n) is 3.96. The van der Waals surface area contributed by atoms with Gasteiger partial charge in [-0.15, -0.1) is 0 Å². The molecule has 3 nitrogen and oxygen atoms in total. The predicted molar refractivity (Wildman–Crippen MR) is 80.7 cm³/mol. The Balaban J connectivity index is 2.40. The van der Waals surface area contributed by atoms with Gasteiger partial charge >= 0.3 is 0 Å². The molecule has 0 fully saturated rings. The fourth-order valence-corrected chi connectivity index (χ4v) is 2.66. The topological polar surface area (TPSA) is 55.1 Å². The molecule has 0 aromatic heterocycles. The molecule has 1 amide bonds. The smallest absolute Gasteiger partial charge is 0.234 e. The zero-order chi connectivity index (χ0) is 13.5. The van der Waals surface area contributed by atoms with Gasteiger partial charge in [0, 0.05) is 6.04 Å². The summed E-state index contributed by atoms with van der Waals surface area (Å²) in [4.78, 5) is 11.7. The molecule has 0 saturated heterocycles. The lowest BCUT2D eigenvalue weighted by Crippen LogP contribution is -2.17. The Morgan fingerprint density at radius 3 is 2.61 bits per heavy atom. The van der Waals surface area contributed by atoms with Crippen LogP contribution in [-0.4, -0.2) is 23.5 Å². The number of carbonyl (C=O) groups is 1. The maximum atomic E-state index is 11.7. The van der Waals surface area contributed by atoms with Crippen LogP contribution in [0.4, 0.5) is 5.69 Å². The number of hydrogen-bond acceptors (Lipinski definition) is 3. The molecule has 0 aliphatic heterocycles. The van der Waals surface area contributed by atoms with Gasteiger partial charge in [-0.25, -0.2) is 0 Å². The number of amides is 1. The lowest BCUT2D eigenvalue weighted by molar-refractivity contribution is -0.113. The van der Waals surface area contributed by atoms with Gasteiger partial charge in [0.1, 0.15) is 0 Å². The number of halogens is 2. The van der Waals surface area contributed by atoms with Gasteiger partial charge in [-0.2, -0.15) is 11.8 Å². The molecule has 0 heterocycles. The second kappa shape index (κ2) is 7.89. The minimum Gasteiger partial charge on any atom is -0.328 e. The van der Waals surface area contributed by atoms with Crippen molar-refractivity contribution in [3.63, 3.8) is 0 Å². The lowest BCUT2D eigenvalue weighted by atomic mass is 10.3. The maximum absolute atomic E-state index is 11.7. The normalized spacial score (nSPS) is 12.2. The number of nitrogens with two attached hydrogens (primary N) is 1. The van der Waals surface area contributed by atoms with Gasteiger partial charge in [-0.1, -0.05) is 29.3 Å². The van der Waals surface area contributed by atoms with Crippen LogP contribution in [0, 0.1) is 0 Å². The van der Waals surface area contributed by atoms with Gasteiger partial charge in [0.15, 0.2) is 0 Å². The van der Waals surface area contributed by atoms with Crippen LogP contribution in [0.3, 0.4) is 0 Å². The molecule has 1 aromatic rings. The van der Waals surface area contributed by atoms with Crippen LogP contribution in [0.5, 0.6) is 0 Å². The fraction of sp³-hybridized carbons (Fsp3) is 0.417. The minimum atomic E-state index is -0.111. The SMILES string of the molecule is CC(N)CCSCC(=O)Nc1c(Cl)cccc1Cl. The largest absolute Gasteiger partial charge is 0.328 e. The summed E-state index contributed by atoms with van der Waals surface area (Å²) in [6, 6.07) is 5.27. The lowest BCUT2D eigenvalue weighted by Gasteiger charge is -2.09. The Morgan fingerprint density at radius 2 is 2.06 bits per heavy atom. The van der Waals surface area contributed by atoms with Crippen molar-refractivity contribution in [1.82, 2.24) is 0 Å². The van der Waals surface area contributed by atoms with Crippen LogP contribution in [0.1, 0.15) is 13.3 Å². The summed E-state index contributed by atoms with van der Waals surface area (Å²) in [6.45, 7) is 1.95. The molecular formula is C12H16Cl2N2OS. The molecule has 0 radical (unpaired) electrons. The first-order valence-corrected chi connectivity index (χ1v) is 7.49. The van der Waals surface area contributed by atoms with Crippen molar-refractivity contribution in [2.24, 2.45) is 5.73 Å². The monoisotopic (exact) mass is 306 g/mol. The second-order valence-corrected chi connectivity index (χ2v) is 5.88. The van der Waals surface area contributed by atoms with E-state index in [1.54, 1.807) is 30.0 Å². The third-order valence-corrected chi connectivity index (χ3v) is 3.80. The van der Waals surface area contributed by atoms with Gasteiger partial charge in [-0.05, 0) is 31.2 Å². The number of thioether (sulfide) groups is 1. The summed E-state index contributed by atoms with van der Waals surface area (Å²) in [7, 11) is 0. The standard InChI is InChI=1S/C12H16Cl2N2OS/c1-8(15)5-6-18-7-11(17)16-12-9(13)3-2-4-10(12)14/h2-4,8H,5-7,15H2,1H3,(H,16,17). The van der Waals surface area contributed by atoms with E-state index >= 15 is 0 Å². The average molecular weight is 307 g/mol. The molecule has 1 unspecified atom stereocenters. The number of benzene rings is 1. The van der Waals surface area contributed by atoms with E-state index in [4.69, 9.17) is 28.9 Å². The Hall–Kier alpha value is -0.420. The van der Waals surface area contributed by atoms with Crippen molar-refractivity contribution in [1.29, 1.82) is 0 Å². The van der Waals surface area contributed by atoms with Crippen LogP contribution in [-0.2, 0) is 4.79 Å². The number of anilines is 1. The Labute approximate surface area is 121 Å². The summed E-state index contributed by atoms with van der Waals surface area (Å²) in [5.41, 5.74) is 6.09. The van der Waals surface area contributed by atoms with Crippen molar-refractivity contribution in [3.05, 3.63) is 28.2 Å². The number of carbonyl (C=O) groups excluding carboxylic acids is 1. The summed E-state index contributed by atoms with van der Waals surface area (Å²) in [5, 5.41) is 3.59. The summed E-state index contributed by atoms with van der Waals surface area (Å²) in [6.07, 6.45) is 0.894. The number of para-hydroxylation sites is 1. The van der Waals surface area contributed by atoms with E-state index in [9.17, 15) is 4.79 Å². The minimum absolute atomic E-state index is 0.111. The quantitative estimate of drug-likeness (QED) is 0.792. The highest BCUT2D eigenvalue weighted by atomic mass is 35.5. The molecule has 0 aliphatic carbocycles. The van der Waals surface area contributed by atoms with Gasteiger partial charge in [0.05, 0.1) is 21.5 Å². The van der Waals surface area contributed by atoms with Gasteiger partial charge in [0.2, 0.25) is 5.91 Å². The third kappa shape index (κ3) is 5.48. The molecule has 0 spiro atoms. The van der Waals surface area contributed by atoms with Crippen molar-refractivity contribution in [2.45, 2.75) is 19.4 Å². The molecule has 3 N–H and O–H groups in total. The highest BCUT2D eigenvalue weighted by molar-refractivity contribution is 7.99. The van der Waals surface area contributed by atoms with Crippen molar-refractivity contribution in [2.75, 3.05) is 16.8 Å². The third-order valence-electron chi connectivity index (χ3n) is 2.18. The average Bonchev–Trinajstić information content (AvgIpc) is 2.29. The first-order chi connectivity index (χ1) is 8.50. The predicted octanol–water partition coefficient (Wildman–Crippen LogP) is 3.40. The molecular weight excluding hydrogens is 291 g/mol. The summed E-state index contributed by atoms with van der Waals surface area (Å²) >= 11 is 13.5. The highest BCUT2D eigenvalue weighted by Crippen LogP contribution is 2.29.